The van der Waals surface area contributed by atoms with Gasteiger partial charge in [0.05, 0.1) is 5.60 Å². The van der Waals surface area contributed by atoms with E-state index in [0.29, 0.717) is 29.2 Å². The summed E-state index contributed by atoms with van der Waals surface area (Å²) in [6.07, 6.45) is 4.66. The topological polar surface area (TPSA) is 91.2 Å². The fourth-order valence-electron chi connectivity index (χ4n) is 4.60. The van der Waals surface area contributed by atoms with Crippen molar-refractivity contribution in [3.63, 3.8) is 0 Å². The van der Waals surface area contributed by atoms with Gasteiger partial charge in [-0.1, -0.05) is 29.4 Å². The molecule has 3 aliphatic rings. The quantitative estimate of drug-likeness (QED) is 0.272. The van der Waals surface area contributed by atoms with Crippen LogP contribution in [-0.4, -0.2) is 41.5 Å². The molecule has 4 atom stereocenters. The second-order valence-electron chi connectivity index (χ2n) is 8.95. The number of esters is 2. The molecule has 2 saturated heterocycles. The number of fused-ring (bicyclic) bond motifs is 3. The number of nitrogens with zero attached hydrogens (tertiary/aromatic N) is 1. The van der Waals surface area contributed by atoms with Crippen molar-refractivity contribution in [1.29, 1.82) is 0 Å². The lowest BCUT2D eigenvalue weighted by molar-refractivity contribution is -0.140. The van der Waals surface area contributed by atoms with Gasteiger partial charge in [-0.05, 0) is 62.4 Å². The number of carbonyl (C=O) groups is 2. The molecule has 2 fully saturated rings. The second-order valence-corrected chi connectivity index (χ2v) is 9.39. The summed E-state index contributed by atoms with van der Waals surface area (Å²) in [5.74, 6) is -0.545. The van der Waals surface area contributed by atoms with Crippen LogP contribution in [0, 0.1) is 5.92 Å². The normalized spacial score (nSPS) is 28.9. The summed E-state index contributed by atoms with van der Waals surface area (Å²) < 4.78 is 22.3. The van der Waals surface area contributed by atoms with Crippen molar-refractivity contribution in [2.24, 2.45) is 5.92 Å². The van der Waals surface area contributed by atoms with Crippen LogP contribution >= 0.6 is 11.6 Å². The van der Waals surface area contributed by atoms with Crippen LogP contribution in [0.5, 0.6) is 0 Å². The number of halogens is 1. The molecule has 0 bridgehead atoms. The van der Waals surface area contributed by atoms with Gasteiger partial charge in [-0.2, -0.15) is 0 Å². The number of epoxide rings is 1. The van der Waals surface area contributed by atoms with E-state index in [1.165, 1.54) is 0 Å². The third kappa shape index (κ3) is 4.35. The van der Waals surface area contributed by atoms with Crippen molar-refractivity contribution in [3.8, 4) is 11.3 Å². The largest absolute Gasteiger partial charge is 0.456 e. The summed E-state index contributed by atoms with van der Waals surface area (Å²) in [6, 6.07) is 8.60. The fraction of sp³-hybridized carbons (Fsp3) is 0.400. The molecule has 7 nitrogen and oxygen atoms in total. The van der Waals surface area contributed by atoms with E-state index in [9.17, 15) is 9.59 Å². The molecular weight excluding hydrogens is 446 g/mol. The predicted molar refractivity (Wildman–Crippen MR) is 120 cm³/mol. The van der Waals surface area contributed by atoms with Gasteiger partial charge in [-0.3, -0.25) is 0 Å². The molecule has 3 heterocycles. The van der Waals surface area contributed by atoms with E-state index in [1.807, 2.05) is 6.92 Å². The molecule has 2 aromatic rings. The van der Waals surface area contributed by atoms with Gasteiger partial charge in [-0.15, -0.1) is 0 Å². The van der Waals surface area contributed by atoms with Crippen molar-refractivity contribution < 1.29 is 28.3 Å². The SMILES string of the molecule is C=C1C(=O)O[C@@H]2[C@H]3O[C@]3(C)CCC=C(COC(=O)c3cc(-c4ccc(Cl)cc4)on3)CC[C@@H]12. The first-order chi connectivity index (χ1) is 15.8. The van der Waals surface area contributed by atoms with E-state index in [2.05, 4.69) is 17.8 Å². The van der Waals surface area contributed by atoms with Gasteiger partial charge in [0.1, 0.15) is 18.8 Å². The van der Waals surface area contributed by atoms with Crippen LogP contribution in [0.2, 0.25) is 5.02 Å². The highest BCUT2D eigenvalue weighted by molar-refractivity contribution is 6.30. The molecule has 0 saturated carbocycles. The number of hydrogen-bond donors (Lipinski definition) is 0. The standard InChI is InChI=1S/C25H24ClNO6/c1-14-18-10-5-15(4-3-11-25(2)22(32-25)21(18)31-23(14)28)13-30-24(29)19-12-20(33-27-19)16-6-8-17(26)9-7-16/h4,6-9,12,18,21-22H,1,3,5,10-11,13H2,2H3/t18-,21-,22+,25+/m0/s1. The highest BCUT2D eigenvalue weighted by Crippen LogP contribution is 2.49. The van der Waals surface area contributed by atoms with Crippen molar-refractivity contribution in [2.75, 3.05) is 6.61 Å². The Morgan fingerprint density at radius 1 is 1.33 bits per heavy atom. The van der Waals surface area contributed by atoms with E-state index in [0.717, 1.165) is 24.0 Å². The van der Waals surface area contributed by atoms with E-state index in [-0.39, 0.29) is 42.0 Å². The molecule has 1 aliphatic carbocycles. The Bertz CT molecular complexity index is 1140. The molecule has 0 unspecified atom stereocenters. The van der Waals surface area contributed by atoms with Gasteiger partial charge in [0.2, 0.25) is 0 Å². The van der Waals surface area contributed by atoms with Crippen LogP contribution in [0.4, 0.5) is 0 Å². The third-order valence-electron chi connectivity index (χ3n) is 6.68. The first kappa shape index (κ1) is 21.9. The molecule has 0 N–H and O–H groups in total. The minimum Gasteiger partial charge on any atom is -0.456 e. The number of rotatable bonds is 4. The van der Waals surface area contributed by atoms with Crippen LogP contribution < -0.4 is 0 Å². The smallest absolute Gasteiger partial charge is 0.360 e. The maximum absolute atomic E-state index is 12.6. The minimum atomic E-state index is -0.559. The average molecular weight is 470 g/mol. The summed E-state index contributed by atoms with van der Waals surface area (Å²) in [5.41, 5.74) is 2.04. The predicted octanol–water partition coefficient (Wildman–Crippen LogP) is 4.91. The lowest BCUT2D eigenvalue weighted by Crippen LogP contribution is -2.29. The van der Waals surface area contributed by atoms with Crippen molar-refractivity contribution in [3.05, 3.63) is 64.8 Å². The first-order valence-corrected chi connectivity index (χ1v) is 11.4. The molecule has 1 aromatic carbocycles. The van der Waals surface area contributed by atoms with Gasteiger partial charge in [0.25, 0.3) is 0 Å². The zero-order valence-corrected chi connectivity index (χ0v) is 19.0. The average Bonchev–Trinajstić information content (AvgIpc) is 3.11. The molecular formula is C25H24ClNO6. The Labute approximate surface area is 196 Å². The van der Waals surface area contributed by atoms with E-state index < -0.39 is 5.97 Å². The number of benzene rings is 1. The van der Waals surface area contributed by atoms with Gasteiger partial charge in [0.15, 0.2) is 11.5 Å². The molecule has 0 spiro atoms. The Balaban J connectivity index is 1.24. The Morgan fingerprint density at radius 2 is 2.12 bits per heavy atom. The highest BCUT2D eigenvalue weighted by atomic mass is 35.5. The molecule has 5 rings (SSSR count). The number of aromatic nitrogens is 1. The third-order valence-corrected chi connectivity index (χ3v) is 6.93. The molecule has 172 valence electrons. The molecule has 2 aliphatic heterocycles. The van der Waals surface area contributed by atoms with Crippen molar-refractivity contribution in [1.82, 2.24) is 5.16 Å². The number of carbonyl (C=O) groups excluding carboxylic acids is 2. The molecule has 1 aromatic heterocycles. The second kappa shape index (κ2) is 8.47. The van der Waals surface area contributed by atoms with Gasteiger partial charge in [-0.25, -0.2) is 9.59 Å². The Kier molecular flexibility index (Phi) is 5.62. The maximum Gasteiger partial charge on any atom is 0.360 e. The van der Waals surface area contributed by atoms with Crippen LogP contribution in [0.15, 0.2) is 58.7 Å². The zero-order valence-electron chi connectivity index (χ0n) is 18.2. The lowest BCUT2D eigenvalue weighted by atomic mass is 9.84. The van der Waals surface area contributed by atoms with Crippen molar-refractivity contribution in [2.45, 2.75) is 50.4 Å². The van der Waals surface area contributed by atoms with Gasteiger partial charge >= 0.3 is 11.9 Å². The van der Waals surface area contributed by atoms with Crippen LogP contribution in [0.1, 0.15) is 43.1 Å². The Morgan fingerprint density at radius 3 is 2.91 bits per heavy atom. The van der Waals surface area contributed by atoms with Crippen LogP contribution in [-0.2, 0) is 19.0 Å². The van der Waals surface area contributed by atoms with Crippen LogP contribution in [0.25, 0.3) is 11.3 Å². The number of hydrogen-bond acceptors (Lipinski definition) is 7. The summed E-state index contributed by atoms with van der Waals surface area (Å²) in [7, 11) is 0. The molecule has 0 amide bonds. The number of allylic oxidation sites excluding steroid dienone is 1. The Hall–Kier alpha value is -2.90. The van der Waals surface area contributed by atoms with E-state index >= 15 is 0 Å². The van der Waals surface area contributed by atoms with Gasteiger partial charge < -0.3 is 18.7 Å². The monoisotopic (exact) mass is 469 g/mol. The van der Waals surface area contributed by atoms with Gasteiger partial charge in [0, 0.05) is 28.1 Å². The lowest BCUT2D eigenvalue weighted by Gasteiger charge is -2.20. The summed E-state index contributed by atoms with van der Waals surface area (Å²) in [6.45, 7) is 6.12. The molecule has 8 heteroatoms. The minimum absolute atomic E-state index is 0.0829. The van der Waals surface area contributed by atoms with E-state index in [1.54, 1.807) is 30.3 Å². The zero-order chi connectivity index (χ0) is 23.2. The van der Waals surface area contributed by atoms with Crippen molar-refractivity contribution >= 4 is 23.5 Å². The molecule has 33 heavy (non-hydrogen) atoms. The first-order valence-electron chi connectivity index (χ1n) is 11.0. The van der Waals surface area contributed by atoms with Crippen LogP contribution in [0.3, 0.4) is 0 Å². The molecule has 0 radical (unpaired) electrons. The summed E-state index contributed by atoms with van der Waals surface area (Å²) >= 11 is 5.91. The van der Waals surface area contributed by atoms with E-state index in [4.69, 9.17) is 30.3 Å². The number of ether oxygens (including phenoxy) is 3. The summed E-state index contributed by atoms with van der Waals surface area (Å²) in [5, 5.41) is 4.45. The highest BCUT2D eigenvalue weighted by Gasteiger charge is 2.61. The maximum atomic E-state index is 12.6. The summed E-state index contributed by atoms with van der Waals surface area (Å²) in [4.78, 5) is 24.7. The fourth-order valence-corrected chi connectivity index (χ4v) is 4.73.